The number of imidazole rings is 1. The van der Waals surface area contributed by atoms with Crippen LogP contribution < -0.4 is 0 Å². The molecule has 0 saturated heterocycles. The fourth-order valence-corrected chi connectivity index (χ4v) is 4.53. The van der Waals surface area contributed by atoms with E-state index in [0.29, 0.717) is 12.2 Å². The van der Waals surface area contributed by atoms with Crippen molar-refractivity contribution >= 4 is 11.6 Å². The molecule has 5 heteroatoms. The monoisotopic (exact) mass is 470 g/mol. The molecular formula is C30H34N2O3. The SMILES string of the molecule is CCCCc1cn2c(COC(c3ccc(-c4ccccc4)c(C(=O)O)c3)C(C)C)ccc(C)c2n1. The summed E-state index contributed by atoms with van der Waals surface area (Å²) in [6, 6.07) is 19.5. The zero-order chi connectivity index (χ0) is 24.9. The van der Waals surface area contributed by atoms with Crippen LogP contribution in [-0.4, -0.2) is 20.5 Å². The Morgan fingerprint density at radius 1 is 1.09 bits per heavy atom. The average Bonchev–Trinajstić information content (AvgIpc) is 3.29. The third-order valence-electron chi connectivity index (χ3n) is 6.43. The number of rotatable bonds is 10. The number of benzene rings is 2. The number of aromatic nitrogens is 2. The summed E-state index contributed by atoms with van der Waals surface area (Å²) in [5.41, 5.74) is 7.00. The second-order valence-electron chi connectivity index (χ2n) is 9.49. The summed E-state index contributed by atoms with van der Waals surface area (Å²) >= 11 is 0. The van der Waals surface area contributed by atoms with Crippen LogP contribution in [0.15, 0.2) is 66.9 Å². The van der Waals surface area contributed by atoms with E-state index in [1.807, 2.05) is 42.5 Å². The number of pyridine rings is 1. The number of hydrogen-bond acceptors (Lipinski definition) is 3. The van der Waals surface area contributed by atoms with Gasteiger partial charge < -0.3 is 14.2 Å². The van der Waals surface area contributed by atoms with Gasteiger partial charge in [0, 0.05) is 11.9 Å². The Balaban J connectivity index is 1.63. The molecule has 0 fully saturated rings. The van der Waals surface area contributed by atoms with E-state index >= 15 is 0 Å². The van der Waals surface area contributed by atoms with Crippen molar-refractivity contribution in [2.45, 2.75) is 59.7 Å². The maximum absolute atomic E-state index is 12.1. The summed E-state index contributed by atoms with van der Waals surface area (Å²) < 4.78 is 8.59. The molecular weight excluding hydrogens is 436 g/mol. The molecule has 2 aromatic heterocycles. The highest BCUT2D eigenvalue weighted by Crippen LogP contribution is 2.32. The van der Waals surface area contributed by atoms with Gasteiger partial charge in [0.1, 0.15) is 5.65 Å². The third kappa shape index (κ3) is 5.46. The van der Waals surface area contributed by atoms with Gasteiger partial charge in [-0.25, -0.2) is 9.78 Å². The number of carboxylic acid groups (broad SMARTS) is 1. The van der Waals surface area contributed by atoms with Crippen LogP contribution in [0.4, 0.5) is 0 Å². The van der Waals surface area contributed by atoms with Crippen LogP contribution in [0.3, 0.4) is 0 Å². The number of ether oxygens (including phenoxy) is 1. The van der Waals surface area contributed by atoms with Crippen LogP contribution in [0.5, 0.6) is 0 Å². The quantitative estimate of drug-likeness (QED) is 0.265. The molecule has 5 nitrogen and oxygen atoms in total. The predicted molar refractivity (Wildman–Crippen MR) is 140 cm³/mol. The van der Waals surface area contributed by atoms with Gasteiger partial charge in [-0.3, -0.25) is 0 Å². The lowest BCUT2D eigenvalue weighted by atomic mass is 9.92. The molecule has 4 aromatic rings. The minimum Gasteiger partial charge on any atom is -0.478 e. The van der Waals surface area contributed by atoms with E-state index < -0.39 is 5.97 Å². The van der Waals surface area contributed by atoms with Gasteiger partial charge in [-0.2, -0.15) is 0 Å². The molecule has 2 heterocycles. The van der Waals surface area contributed by atoms with E-state index in [9.17, 15) is 9.90 Å². The van der Waals surface area contributed by atoms with Gasteiger partial charge in [-0.15, -0.1) is 0 Å². The van der Waals surface area contributed by atoms with Crippen LogP contribution >= 0.6 is 0 Å². The number of hydrogen-bond donors (Lipinski definition) is 1. The predicted octanol–water partition coefficient (Wildman–Crippen LogP) is 7.26. The van der Waals surface area contributed by atoms with Gasteiger partial charge in [-0.05, 0) is 60.1 Å². The van der Waals surface area contributed by atoms with Crippen LogP contribution in [0, 0.1) is 12.8 Å². The molecule has 2 aromatic carbocycles. The Bertz CT molecular complexity index is 1310. The molecule has 0 bridgehead atoms. The first-order valence-electron chi connectivity index (χ1n) is 12.4. The molecule has 0 saturated carbocycles. The maximum atomic E-state index is 12.1. The number of aromatic carboxylic acids is 1. The fourth-order valence-electron chi connectivity index (χ4n) is 4.53. The summed E-state index contributed by atoms with van der Waals surface area (Å²) in [4.78, 5) is 17.0. The van der Waals surface area contributed by atoms with Gasteiger partial charge in [0.05, 0.1) is 24.0 Å². The summed E-state index contributed by atoms with van der Waals surface area (Å²) in [5, 5.41) is 9.94. The standard InChI is InChI=1S/C30H34N2O3/c1-5-6-12-24-18-32-25(15-13-21(4)29(32)31-24)19-35-28(20(2)3)23-14-16-26(27(17-23)30(33)34)22-10-8-7-9-11-22/h7-11,13-18,20,28H,5-6,12,19H2,1-4H3,(H,33,34). The molecule has 0 amide bonds. The van der Waals surface area contributed by atoms with Gasteiger partial charge in [0.25, 0.3) is 0 Å². The Hall–Kier alpha value is -3.44. The zero-order valence-corrected chi connectivity index (χ0v) is 21.0. The Morgan fingerprint density at radius 3 is 2.54 bits per heavy atom. The van der Waals surface area contributed by atoms with Crippen molar-refractivity contribution in [3.8, 4) is 11.1 Å². The first-order chi connectivity index (χ1) is 16.9. The van der Waals surface area contributed by atoms with E-state index in [2.05, 4.69) is 50.4 Å². The van der Waals surface area contributed by atoms with Crippen molar-refractivity contribution in [1.29, 1.82) is 0 Å². The summed E-state index contributed by atoms with van der Waals surface area (Å²) in [5.74, 6) is -0.769. The van der Waals surface area contributed by atoms with Crippen molar-refractivity contribution in [1.82, 2.24) is 9.38 Å². The minimum atomic E-state index is -0.938. The second kappa shape index (κ2) is 10.9. The highest BCUT2D eigenvalue weighted by Gasteiger charge is 2.21. The van der Waals surface area contributed by atoms with Crippen LogP contribution in [0.25, 0.3) is 16.8 Å². The molecule has 0 aliphatic carbocycles. The average molecular weight is 471 g/mol. The number of carboxylic acids is 1. The molecule has 0 aliphatic heterocycles. The zero-order valence-electron chi connectivity index (χ0n) is 21.0. The first kappa shape index (κ1) is 24.7. The highest BCUT2D eigenvalue weighted by atomic mass is 16.5. The summed E-state index contributed by atoms with van der Waals surface area (Å²) in [6.45, 7) is 8.87. The molecule has 182 valence electrons. The second-order valence-corrected chi connectivity index (χ2v) is 9.49. The summed E-state index contributed by atoms with van der Waals surface area (Å²) in [6.07, 6.45) is 5.11. The van der Waals surface area contributed by atoms with Gasteiger partial charge in [0.2, 0.25) is 0 Å². The number of aryl methyl sites for hydroxylation is 2. The number of nitrogens with zero attached hydrogens (tertiary/aromatic N) is 2. The maximum Gasteiger partial charge on any atom is 0.336 e. The van der Waals surface area contributed by atoms with Crippen molar-refractivity contribution in [3.05, 3.63) is 94.9 Å². The first-order valence-corrected chi connectivity index (χ1v) is 12.4. The molecule has 4 rings (SSSR count). The van der Waals surface area contributed by atoms with Gasteiger partial charge in [0.15, 0.2) is 0 Å². The minimum absolute atomic E-state index is 0.170. The van der Waals surface area contributed by atoms with Crippen LogP contribution in [0.1, 0.15) is 72.6 Å². The van der Waals surface area contributed by atoms with Crippen molar-refractivity contribution < 1.29 is 14.6 Å². The Labute approximate surface area is 207 Å². The molecule has 1 unspecified atom stereocenters. The molecule has 1 N–H and O–H groups in total. The smallest absolute Gasteiger partial charge is 0.336 e. The largest absolute Gasteiger partial charge is 0.478 e. The topological polar surface area (TPSA) is 63.8 Å². The Kier molecular flexibility index (Phi) is 7.67. The number of fused-ring (bicyclic) bond motifs is 1. The molecule has 0 spiro atoms. The fraction of sp³-hybridized carbons (Fsp3) is 0.333. The van der Waals surface area contributed by atoms with E-state index in [-0.39, 0.29) is 17.6 Å². The van der Waals surface area contributed by atoms with Crippen LogP contribution in [0.2, 0.25) is 0 Å². The third-order valence-corrected chi connectivity index (χ3v) is 6.43. The van der Waals surface area contributed by atoms with E-state index in [1.165, 1.54) is 0 Å². The van der Waals surface area contributed by atoms with E-state index in [1.54, 1.807) is 6.07 Å². The molecule has 35 heavy (non-hydrogen) atoms. The van der Waals surface area contributed by atoms with Gasteiger partial charge >= 0.3 is 5.97 Å². The van der Waals surface area contributed by atoms with E-state index in [0.717, 1.165) is 53.0 Å². The molecule has 0 radical (unpaired) electrons. The van der Waals surface area contributed by atoms with E-state index in [4.69, 9.17) is 9.72 Å². The van der Waals surface area contributed by atoms with Crippen molar-refractivity contribution in [2.75, 3.05) is 0 Å². The number of carbonyl (C=O) groups is 1. The highest BCUT2D eigenvalue weighted by molar-refractivity contribution is 5.96. The Morgan fingerprint density at radius 2 is 1.86 bits per heavy atom. The lowest BCUT2D eigenvalue weighted by molar-refractivity contribution is 0.00691. The van der Waals surface area contributed by atoms with Crippen molar-refractivity contribution in [2.24, 2.45) is 5.92 Å². The number of unbranched alkanes of at least 4 members (excludes halogenated alkanes) is 1. The molecule has 1 atom stereocenters. The normalized spacial score (nSPS) is 12.4. The van der Waals surface area contributed by atoms with Gasteiger partial charge in [-0.1, -0.05) is 75.7 Å². The summed E-state index contributed by atoms with van der Waals surface area (Å²) in [7, 11) is 0. The van der Waals surface area contributed by atoms with Crippen LogP contribution in [-0.2, 0) is 17.8 Å². The van der Waals surface area contributed by atoms with Crippen molar-refractivity contribution in [3.63, 3.8) is 0 Å². The molecule has 0 aliphatic rings. The lowest BCUT2D eigenvalue weighted by Gasteiger charge is -2.23. The lowest BCUT2D eigenvalue weighted by Crippen LogP contribution is -2.14.